The van der Waals surface area contributed by atoms with Crippen LogP contribution in [0.15, 0.2) is 24.3 Å². The van der Waals surface area contributed by atoms with Crippen LogP contribution in [0, 0.1) is 13.8 Å². The zero-order chi connectivity index (χ0) is 16.4. The highest BCUT2D eigenvalue weighted by Crippen LogP contribution is 2.30. The number of nitrogen functional groups attached to an aromatic ring is 1. The molecule has 1 aromatic heterocycles. The molecule has 5 nitrogen and oxygen atoms in total. The van der Waals surface area contributed by atoms with E-state index in [-0.39, 0.29) is 0 Å². The van der Waals surface area contributed by atoms with Crippen molar-refractivity contribution in [2.45, 2.75) is 39.3 Å². The maximum absolute atomic E-state index is 6.04. The predicted molar refractivity (Wildman–Crippen MR) is 94.3 cm³/mol. The van der Waals surface area contributed by atoms with Crippen molar-refractivity contribution >= 4 is 11.5 Å². The van der Waals surface area contributed by atoms with Gasteiger partial charge >= 0.3 is 0 Å². The first kappa shape index (κ1) is 15.7. The Morgan fingerprint density at radius 1 is 1.22 bits per heavy atom. The monoisotopic (exact) mass is 311 g/mol. The zero-order valence-corrected chi connectivity index (χ0v) is 14.1. The molecule has 0 bridgehead atoms. The summed E-state index contributed by atoms with van der Waals surface area (Å²) in [5.74, 6) is 1.45. The summed E-state index contributed by atoms with van der Waals surface area (Å²) in [7, 11) is 2.20. The summed E-state index contributed by atoms with van der Waals surface area (Å²) >= 11 is 0. The fourth-order valence-electron chi connectivity index (χ4n) is 3.23. The normalized spacial score (nSPS) is 18.3. The van der Waals surface area contributed by atoms with Crippen LogP contribution in [0.25, 0.3) is 0 Å². The van der Waals surface area contributed by atoms with Crippen molar-refractivity contribution in [3.05, 3.63) is 46.9 Å². The van der Waals surface area contributed by atoms with Gasteiger partial charge in [0.25, 0.3) is 0 Å². The van der Waals surface area contributed by atoms with Gasteiger partial charge in [-0.05, 0) is 51.4 Å². The molecule has 0 amide bonds. The summed E-state index contributed by atoms with van der Waals surface area (Å²) in [6, 6.07) is 9.42. The maximum atomic E-state index is 6.04. The highest BCUT2D eigenvalue weighted by molar-refractivity contribution is 5.63. The number of aromatic nitrogens is 2. The third-order valence-electron chi connectivity index (χ3n) is 4.59. The van der Waals surface area contributed by atoms with Crippen LogP contribution >= 0.6 is 0 Å². The second-order valence-corrected chi connectivity index (χ2v) is 6.35. The van der Waals surface area contributed by atoms with Gasteiger partial charge in [-0.3, -0.25) is 4.90 Å². The minimum absolute atomic E-state index is 0.569. The van der Waals surface area contributed by atoms with Crippen LogP contribution in [-0.2, 0) is 6.54 Å². The summed E-state index contributed by atoms with van der Waals surface area (Å²) in [5, 5.41) is 3.32. The molecule has 0 aliphatic carbocycles. The van der Waals surface area contributed by atoms with Gasteiger partial charge in [0, 0.05) is 12.6 Å². The summed E-state index contributed by atoms with van der Waals surface area (Å²) < 4.78 is 0. The Labute approximate surface area is 137 Å². The van der Waals surface area contributed by atoms with E-state index in [2.05, 4.69) is 51.5 Å². The molecule has 1 saturated heterocycles. The lowest BCUT2D eigenvalue weighted by atomic mass is 10.0. The second kappa shape index (κ2) is 6.54. The first-order valence-electron chi connectivity index (χ1n) is 8.18. The Morgan fingerprint density at radius 3 is 2.61 bits per heavy atom. The Balaban J connectivity index is 1.67. The van der Waals surface area contributed by atoms with Gasteiger partial charge in [0.05, 0.1) is 11.4 Å². The molecule has 1 unspecified atom stereocenters. The molecule has 0 saturated carbocycles. The summed E-state index contributed by atoms with van der Waals surface area (Å²) in [4.78, 5) is 11.1. The van der Waals surface area contributed by atoms with E-state index in [1.54, 1.807) is 0 Å². The van der Waals surface area contributed by atoms with Gasteiger partial charge in [0.1, 0.15) is 5.82 Å². The molecular weight excluding hydrogens is 286 g/mol. The molecule has 1 atom stereocenters. The number of hydrogen-bond acceptors (Lipinski definition) is 5. The minimum Gasteiger partial charge on any atom is -0.394 e. The fraction of sp³-hybridized carbons (Fsp3) is 0.444. The Morgan fingerprint density at radius 2 is 1.96 bits per heavy atom. The topological polar surface area (TPSA) is 67.1 Å². The first-order chi connectivity index (χ1) is 11.0. The van der Waals surface area contributed by atoms with Crippen molar-refractivity contribution in [2.24, 2.45) is 0 Å². The molecule has 3 rings (SSSR count). The SMILES string of the molecule is Cc1nc(C)c(N)c(NCc2ccc(C3CCCN3C)cc2)n1. The van der Waals surface area contributed by atoms with E-state index in [1.807, 2.05) is 13.8 Å². The second-order valence-electron chi connectivity index (χ2n) is 6.35. The van der Waals surface area contributed by atoms with Gasteiger partial charge in [-0.1, -0.05) is 24.3 Å². The number of aryl methyl sites for hydroxylation is 2. The molecule has 0 spiro atoms. The van der Waals surface area contributed by atoms with Crippen LogP contribution in [-0.4, -0.2) is 28.5 Å². The quantitative estimate of drug-likeness (QED) is 0.908. The van der Waals surface area contributed by atoms with Gasteiger partial charge in [-0.2, -0.15) is 0 Å². The van der Waals surface area contributed by atoms with Gasteiger partial charge in [0.2, 0.25) is 0 Å². The lowest BCUT2D eigenvalue weighted by Crippen LogP contribution is -2.17. The van der Waals surface area contributed by atoms with Gasteiger partial charge in [-0.15, -0.1) is 0 Å². The first-order valence-corrected chi connectivity index (χ1v) is 8.18. The molecule has 2 aromatic rings. The van der Waals surface area contributed by atoms with E-state index < -0.39 is 0 Å². The molecule has 1 aliphatic heterocycles. The molecule has 1 aliphatic rings. The Kier molecular flexibility index (Phi) is 4.48. The average Bonchev–Trinajstić information content (AvgIpc) is 2.96. The van der Waals surface area contributed by atoms with Crippen LogP contribution in [0.1, 0.15) is 41.5 Å². The summed E-state index contributed by atoms with van der Waals surface area (Å²) in [6.07, 6.45) is 2.54. The van der Waals surface area contributed by atoms with Crippen LogP contribution < -0.4 is 11.1 Å². The van der Waals surface area contributed by atoms with Crippen molar-refractivity contribution in [3.8, 4) is 0 Å². The average molecular weight is 311 g/mol. The molecule has 5 heteroatoms. The smallest absolute Gasteiger partial charge is 0.153 e. The molecule has 0 radical (unpaired) electrons. The fourth-order valence-corrected chi connectivity index (χ4v) is 3.23. The molecule has 3 N–H and O–H groups in total. The standard InChI is InChI=1S/C18H25N5/c1-12-17(19)18(22-13(2)21-12)20-11-14-6-8-15(9-7-14)16-5-4-10-23(16)3/h6-9,16H,4-5,10-11,19H2,1-3H3,(H,20,21,22). The molecule has 23 heavy (non-hydrogen) atoms. The number of rotatable bonds is 4. The largest absolute Gasteiger partial charge is 0.394 e. The number of nitrogens with one attached hydrogen (secondary N) is 1. The number of benzene rings is 1. The molecular formula is C18H25N5. The van der Waals surface area contributed by atoms with Crippen molar-refractivity contribution in [3.63, 3.8) is 0 Å². The van der Waals surface area contributed by atoms with E-state index in [0.29, 0.717) is 18.3 Å². The van der Waals surface area contributed by atoms with E-state index in [1.165, 1.54) is 30.5 Å². The number of nitrogens with zero attached hydrogens (tertiary/aromatic N) is 3. The molecule has 1 fully saturated rings. The van der Waals surface area contributed by atoms with Crippen LogP contribution in [0.4, 0.5) is 11.5 Å². The Bertz CT molecular complexity index is 681. The molecule has 1 aromatic carbocycles. The number of anilines is 2. The highest BCUT2D eigenvalue weighted by atomic mass is 15.1. The van der Waals surface area contributed by atoms with E-state index in [0.717, 1.165) is 17.3 Å². The summed E-state index contributed by atoms with van der Waals surface area (Å²) in [6.45, 7) is 5.69. The Hall–Kier alpha value is -2.14. The van der Waals surface area contributed by atoms with E-state index in [4.69, 9.17) is 5.73 Å². The van der Waals surface area contributed by atoms with Crippen LogP contribution in [0.5, 0.6) is 0 Å². The van der Waals surface area contributed by atoms with Gasteiger partial charge in [0.15, 0.2) is 5.82 Å². The summed E-state index contributed by atoms with van der Waals surface area (Å²) in [5.41, 5.74) is 10.1. The predicted octanol–water partition coefficient (Wildman–Crippen LogP) is 3.05. The lowest BCUT2D eigenvalue weighted by molar-refractivity contribution is 0.317. The van der Waals surface area contributed by atoms with Crippen molar-refractivity contribution in [1.29, 1.82) is 0 Å². The van der Waals surface area contributed by atoms with Crippen molar-refractivity contribution in [2.75, 3.05) is 24.6 Å². The highest BCUT2D eigenvalue weighted by Gasteiger charge is 2.22. The zero-order valence-electron chi connectivity index (χ0n) is 14.1. The third-order valence-corrected chi connectivity index (χ3v) is 4.59. The van der Waals surface area contributed by atoms with Crippen LogP contribution in [0.2, 0.25) is 0 Å². The minimum atomic E-state index is 0.569. The van der Waals surface area contributed by atoms with Gasteiger partial charge in [-0.25, -0.2) is 9.97 Å². The van der Waals surface area contributed by atoms with E-state index in [9.17, 15) is 0 Å². The number of hydrogen-bond donors (Lipinski definition) is 2. The molecule has 2 heterocycles. The molecule has 122 valence electrons. The van der Waals surface area contributed by atoms with Crippen LogP contribution in [0.3, 0.4) is 0 Å². The van der Waals surface area contributed by atoms with Gasteiger partial charge < -0.3 is 11.1 Å². The lowest BCUT2D eigenvalue weighted by Gasteiger charge is -2.20. The van der Waals surface area contributed by atoms with Crippen molar-refractivity contribution in [1.82, 2.24) is 14.9 Å². The third kappa shape index (κ3) is 3.45. The van der Waals surface area contributed by atoms with E-state index >= 15 is 0 Å². The maximum Gasteiger partial charge on any atom is 0.153 e. The number of likely N-dealkylation sites (tertiary alicyclic amines) is 1. The number of nitrogens with two attached hydrogens (primary N) is 1. The van der Waals surface area contributed by atoms with Crippen molar-refractivity contribution < 1.29 is 0 Å².